The summed E-state index contributed by atoms with van der Waals surface area (Å²) in [5.41, 5.74) is 2.97. The van der Waals surface area contributed by atoms with Crippen LogP contribution in [0.15, 0.2) is 72.3 Å². The molecule has 3 aromatic rings. The monoisotopic (exact) mass is 503 g/mol. The van der Waals surface area contributed by atoms with Crippen molar-refractivity contribution in [2.45, 2.75) is 32.2 Å². The van der Waals surface area contributed by atoms with E-state index in [4.69, 9.17) is 9.47 Å². The van der Waals surface area contributed by atoms with Gasteiger partial charge in [-0.1, -0.05) is 44.2 Å². The first-order chi connectivity index (χ1) is 17.7. The van der Waals surface area contributed by atoms with E-state index in [2.05, 4.69) is 13.8 Å². The van der Waals surface area contributed by atoms with Gasteiger partial charge in [-0.15, -0.1) is 0 Å². The Morgan fingerprint density at radius 1 is 0.946 bits per heavy atom. The molecule has 0 bridgehead atoms. The molecular formula is C30H30FNO5. The van der Waals surface area contributed by atoms with E-state index in [0.717, 1.165) is 11.1 Å². The molecule has 7 heteroatoms. The second-order valence-electron chi connectivity index (χ2n) is 9.26. The normalized spacial score (nSPS) is 16.9. The lowest BCUT2D eigenvalue weighted by atomic mass is 9.93. The number of hydrogen-bond donors (Lipinski definition) is 1. The summed E-state index contributed by atoms with van der Waals surface area (Å²) in [6.07, 6.45) is 0.449. The van der Waals surface area contributed by atoms with Crippen LogP contribution in [0.3, 0.4) is 0 Å². The highest BCUT2D eigenvalue weighted by Gasteiger charge is 2.45. The third kappa shape index (κ3) is 5.21. The van der Waals surface area contributed by atoms with Gasteiger partial charge in [0.05, 0.1) is 25.8 Å². The summed E-state index contributed by atoms with van der Waals surface area (Å²) in [6.45, 7) is 4.40. The zero-order valence-corrected chi connectivity index (χ0v) is 21.3. The summed E-state index contributed by atoms with van der Waals surface area (Å²) < 4.78 is 24.2. The van der Waals surface area contributed by atoms with E-state index in [0.29, 0.717) is 29.4 Å². The SMILES string of the molecule is COc1ccc(CCN2C(=O)C(=O)C(=C(O)c3ccc(F)cc3)[C@H]2c2ccc(C(C)C)cc2)cc1OC. The van der Waals surface area contributed by atoms with E-state index in [1.807, 2.05) is 36.4 Å². The van der Waals surface area contributed by atoms with Gasteiger partial charge in [-0.25, -0.2) is 4.39 Å². The molecule has 1 N–H and O–H groups in total. The molecule has 1 atom stereocenters. The minimum atomic E-state index is -0.786. The maximum Gasteiger partial charge on any atom is 0.295 e. The minimum absolute atomic E-state index is 0.0128. The topological polar surface area (TPSA) is 76.1 Å². The number of ketones is 1. The third-order valence-corrected chi connectivity index (χ3v) is 6.67. The summed E-state index contributed by atoms with van der Waals surface area (Å²) in [7, 11) is 3.11. The standard InChI is InChI=1S/C30H30FNO5/c1-18(2)20-6-8-21(9-7-20)27-26(28(33)22-10-12-23(31)13-11-22)29(34)30(35)32(27)16-15-19-5-14-24(36-3)25(17-19)37-4/h5-14,17-18,27,33H,15-16H2,1-4H3/t27-/m1/s1. The highest BCUT2D eigenvalue weighted by atomic mass is 19.1. The fourth-order valence-electron chi connectivity index (χ4n) is 4.57. The van der Waals surface area contributed by atoms with Crippen molar-refractivity contribution in [3.05, 3.63) is 100 Å². The third-order valence-electron chi connectivity index (χ3n) is 6.67. The molecule has 0 unspecified atom stereocenters. The van der Waals surface area contributed by atoms with Crippen LogP contribution in [0.2, 0.25) is 0 Å². The maximum absolute atomic E-state index is 13.5. The molecule has 0 aromatic heterocycles. The lowest BCUT2D eigenvalue weighted by molar-refractivity contribution is -0.139. The van der Waals surface area contributed by atoms with Crippen molar-refractivity contribution in [1.82, 2.24) is 4.90 Å². The van der Waals surface area contributed by atoms with E-state index in [1.54, 1.807) is 20.3 Å². The molecule has 37 heavy (non-hydrogen) atoms. The van der Waals surface area contributed by atoms with Gasteiger partial charge >= 0.3 is 0 Å². The first-order valence-corrected chi connectivity index (χ1v) is 12.1. The number of rotatable bonds is 8. The van der Waals surface area contributed by atoms with Crippen LogP contribution in [-0.2, 0) is 16.0 Å². The van der Waals surface area contributed by atoms with Crippen molar-refractivity contribution >= 4 is 17.4 Å². The van der Waals surface area contributed by atoms with Crippen LogP contribution in [0, 0.1) is 5.82 Å². The molecule has 1 heterocycles. The van der Waals surface area contributed by atoms with Gasteiger partial charge in [0.2, 0.25) is 0 Å². The molecule has 1 aliphatic heterocycles. The number of aliphatic hydroxyl groups excluding tert-OH is 1. The van der Waals surface area contributed by atoms with E-state index in [1.165, 1.54) is 29.2 Å². The average Bonchev–Trinajstić information content (AvgIpc) is 3.16. The number of carbonyl (C=O) groups excluding carboxylic acids is 2. The smallest absolute Gasteiger partial charge is 0.295 e. The highest BCUT2D eigenvalue weighted by Crippen LogP contribution is 2.40. The number of nitrogens with zero attached hydrogens (tertiary/aromatic N) is 1. The van der Waals surface area contributed by atoms with Crippen LogP contribution in [0.25, 0.3) is 5.76 Å². The van der Waals surface area contributed by atoms with Crippen molar-refractivity contribution < 1.29 is 28.6 Å². The second kappa shape index (κ2) is 10.9. The van der Waals surface area contributed by atoms with Crippen molar-refractivity contribution in [3.8, 4) is 11.5 Å². The number of ether oxygens (including phenoxy) is 2. The first-order valence-electron chi connectivity index (χ1n) is 12.1. The maximum atomic E-state index is 13.5. The Labute approximate surface area is 215 Å². The number of hydrogen-bond acceptors (Lipinski definition) is 5. The molecule has 1 saturated heterocycles. The Bertz CT molecular complexity index is 1330. The number of halogens is 1. The summed E-state index contributed by atoms with van der Waals surface area (Å²) in [5, 5.41) is 11.1. The van der Waals surface area contributed by atoms with Crippen LogP contribution in [0.1, 0.15) is 48.1 Å². The Hall–Kier alpha value is -4.13. The number of benzene rings is 3. The number of Topliss-reactive ketones (excluding diaryl/α,β-unsaturated/α-hetero) is 1. The lowest BCUT2D eigenvalue weighted by Gasteiger charge is -2.26. The Morgan fingerprint density at radius 2 is 1.59 bits per heavy atom. The van der Waals surface area contributed by atoms with Gasteiger partial charge in [0, 0.05) is 12.1 Å². The predicted molar refractivity (Wildman–Crippen MR) is 139 cm³/mol. The Balaban J connectivity index is 1.75. The molecule has 0 saturated carbocycles. The molecule has 1 fully saturated rings. The molecule has 192 valence electrons. The summed E-state index contributed by atoms with van der Waals surface area (Å²) in [6, 6.07) is 17.6. The Kier molecular flexibility index (Phi) is 7.62. The molecule has 6 nitrogen and oxygen atoms in total. The molecule has 0 radical (unpaired) electrons. The van der Waals surface area contributed by atoms with Gasteiger partial charge in [-0.3, -0.25) is 9.59 Å². The van der Waals surface area contributed by atoms with E-state index in [-0.39, 0.29) is 23.4 Å². The molecule has 0 aliphatic carbocycles. The molecule has 1 aliphatic rings. The summed E-state index contributed by atoms with van der Waals surface area (Å²) in [5.74, 6) is -0.785. The largest absolute Gasteiger partial charge is 0.507 e. The predicted octanol–water partition coefficient (Wildman–Crippen LogP) is 5.63. The minimum Gasteiger partial charge on any atom is -0.507 e. The summed E-state index contributed by atoms with van der Waals surface area (Å²) >= 11 is 0. The second-order valence-corrected chi connectivity index (χ2v) is 9.26. The lowest BCUT2D eigenvalue weighted by Crippen LogP contribution is -2.31. The number of carbonyl (C=O) groups is 2. The van der Waals surface area contributed by atoms with Gasteiger partial charge in [0.25, 0.3) is 11.7 Å². The fraction of sp³-hybridized carbons (Fsp3) is 0.267. The van der Waals surface area contributed by atoms with E-state index < -0.39 is 23.5 Å². The molecule has 0 spiro atoms. The molecule has 3 aromatic carbocycles. The van der Waals surface area contributed by atoms with Crippen LogP contribution in [-0.4, -0.2) is 42.5 Å². The van der Waals surface area contributed by atoms with E-state index >= 15 is 0 Å². The number of aliphatic hydroxyl groups is 1. The van der Waals surface area contributed by atoms with Crippen molar-refractivity contribution in [3.63, 3.8) is 0 Å². The number of likely N-dealkylation sites (tertiary alicyclic amines) is 1. The fourth-order valence-corrected chi connectivity index (χ4v) is 4.57. The van der Waals surface area contributed by atoms with Crippen LogP contribution < -0.4 is 9.47 Å². The van der Waals surface area contributed by atoms with Crippen LogP contribution in [0.4, 0.5) is 4.39 Å². The van der Waals surface area contributed by atoms with Gasteiger partial charge in [0.1, 0.15) is 11.6 Å². The van der Waals surface area contributed by atoms with Crippen LogP contribution in [0.5, 0.6) is 11.5 Å². The van der Waals surface area contributed by atoms with Gasteiger partial charge in [0.15, 0.2) is 11.5 Å². The number of amides is 1. The zero-order chi connectivity index (χ0) is 26.7. The molecule has 4 rings (SSSR count). The average molecular weight is 504 g/mol. The summed E-state index contributed by atoms with van der Waals surface area (Å²) in [4.78, 5) is 28.0. The van der Waals surface area contributed by atoms with Gasteiger partial charge in [-0.05, 0) is 65.4 Å². The highest BCUT2D eigenvalue weighted by molar-refractivity contribution is 6.46. The first kappa shape index (κ1) is 25.9. The Morgan fingerprint density at radius 3 is 2.19 bits per heavy atom. The quantitative estimate of drug-likeness (QED) is 0.245. The zero-order valence-electron chi connectivity index (χ0n) is 21.3. The van der Waals surface area contributed by atoms with E-state index in [9.17, 15) is 19.1 Å². The number of methoxy groups -OCH3 is 2. The van der Waals surface area contributed by atoms with Crippen molar-refractivity contribution in [2.24, 2.45) is 0 Å². The van der Waals surface area contributed by atoms with Crippen molar-refractivity contribution in [2.75, 3.05) is 20.8 Å². The van der Waals surface area contributed by atoms with Gasteiger partial charge < -0.3 is 19.5 Å². The van der Waals surface area contributed by atoms with Crippen LogP contribution >= 0.6 is 0 Å². The van der Waals surface area contributed by atoms with Crippen molar-refractivity contribution in [1.29, 1.82) is 0 Å². The van der Waals surface area contributed by atoms with Gasteiger partial charge in [-0.2, -0.15) is 0 Å². The molecule has 1 amide bonds. The molecular weight excluding hydrogens is 473 g/mol.